The van der Waals surface area contributed by atoms with Crippen molar-refractivity contribution in [1.82, 2.24) is 0 Å². The molecule has 1 aliphatic carbocycles. The lowest BCUT2D eigenvalue weighted by Gasteiger charge is -2.28. The second-order valence-corrected chi connectivity index (χ2v) is 5.01. The first kappa shape index (κ1) is 12.3. The van der Waals surface area contributed by atoms with Gasteiger partial charge < -0.3 is 4.74 Å². The highest BCUT2D eigenvalue weighted by Gasteiger charge is 2.25. The molecular formula is C15H20O2. The molecule has 0 aromatic heterocycles. The average Bonchev–Trinajstić information content (AvgIpc) is 2.25. The third-order valence-electron chi connectivity index (χ3n) is 3.48. The van der Waals surface area contributed by atoms with Crippen molar-refractivity contribution in [3.63, 3.8) is 0 Å². The summed E-state index contributed by atoms with van der Waals surface area (Å²) in [6.07, 6.45) is 3.42. The van der Waals surface area contributed by atoms with E-state index < -0.39 is 0 Å². The average molecular weight is 232 g/mol. The van der Waals surface area contributed by atoms with Gasteiger partial charge in [-0.1, -0.05) is 17.7 Å². The minimum Gasteiger partial charge on any atom is -0.367 e. The number of ether oxygens (including phenoxy) is 1. The van der Waals surface area contributed by atoms with Gasteiger partial charge in [-0.2, -0.15) is 0 Å². The Morgan fingerprint density at radius 2 is 2.06 bits per heavy atom. The van der Waals surface area contributed by atoms with E-state index in [-0.39, 0.29) is 11.9 Å². The van der Waals surface area contributed by atoms with Gasteiger partial charge in [0.05, 0.1) is 6.10 Å². The third-order valence-corrected chi connectivity index (χ3v) is 3.48. The smallest absolute Gasteiger partial charge is 0.191 e. The second kappa shape index (κ2) is 5.01. The summed E-state index contributed by atoms with van der Waals surface area (Å²) < 4.78 is 5.75. The van der Waals surface area contributed by atoms with E-state index in [1.54, 1.807) is 0 Å². The van der Waals surface area contributed by atoms with Crippen LogP contribution in [0.15, 0.2) is 18.2 Å². The van der Waals surface area contributed by atoms with Gasteiger partial charge in [0, 0.05) is 5.56 Å². The first-order chi connectivity index (χ1) is 8.08. The van der Waals surface area contributed by atoms with Crippen LogP contribution in [0.2, 0.25) is 0 Å². The van der Waals surface area contributed by atoms with Crippen LogP contribution in [0.1, 0.15) is 47.7 Å². The van der Waals surface area contributed by atoms with Crippen LogP contribution < -0.4 is 0 Å². The second-order valence-electron chi connectivity index (χ2n) is 5.01. The number of hydrogen-bond acceptors (Lipinski definition) is 2. The highest BCUT2D eigenvalue weighted by Crippen LogP contribution is 2.24. The molecule has 0 aliphatic heterocycles. The summed E-state index contributed by atoms with van der Waals surface area (Å²) in [4.78, 5) is 12.3. The van der Waals surface area contributed by atoms with Crippen LogP contribution in [0, 0.1) is 13.8 Å². The molecule has 0 saturated heterocycles. The van der Waals surface area contributed by atoms with Gasteiger partial charge in [-0.05, 0) is 51.7 Å². The zero-order valence-corrected chi connectivity index (χ0v) is 10.8. The molecule has 0 radical (unpaired) electrons. The van der Waals surface area contributed by atoms with E-state index in [1.165, 1.54) is 6.42 Å². The number of ketones is 1. The molecule has 92 valence electrons. The summed E-state index contributed by atoms with van der Waals surface area (Å²) in [7, 11) is 0. The Labute approximate surface area is 103 Å². The van der Waals surface area contributed by atoms with Crippen molar-refractivity contribution in [2.24, 2.45) is 0 Å². The molecule has 0 heterocycles. The normalized spacial score (nSPS) is 17.6. The Kier molecular flexibility index (Phi) is 3.63. The number of hydrogen-bond donors (Lipinski definition) is 0. The zero-order valence-electron chi connectivity index (χ0n) is 10.8. The van der Waals surface area contributed by atoms with Crippen LogP contribution in [-0.2, 0) is 4.74 Å². The molecule has 1 unspecified atom stereocenters. The van der Waals surface area contributed by atoms with Crippen molar-refractivity contribution < 1.29 is 9.53 Å². The molecule has 1 aliphatic rings. The van der Waals surface area contributed by atoms with E-state index in [9.17, 15) is 4.79 Å². The summed E-state index contributed by atoms with van der Waals surface area (Å²) in [5, 5.41) is 0. The minimum atomic E-state index is -0.319. The lowest BCUT2D eigenvalue weighted by molar-refractivity contribution is -0.0313. The molecule has 0 spiro atoms. The molecule has 1 aromatic carbocycles. The molecule has 2 nitrogen and oxygen atoms in total. The summed E-state index contributed by atoms with van der Waals surface area (Å²) in [5.74, 6) is 0.109. The van der Waals surface area contributed by atoms with Crippen molar-refractivity contribution in [2.75, 3.05) is 0 Å². The van der Waals surface area contributed by atoms with Crippen LogP contribution in [0.25, 0.3) is 0 Å². The first-order valence-electron chi connectivity index (χ1n) is 6.35. The van der Waals surface area contributed by atoms with Crippen molar-refractivity contribution in [2.45, 2.75) is 52.2 Å². The number of rotatable bonds is 4. The van der Waals surface area contributed by atoms with Crippen molar-refractivity contribution in [3.8, 4) is 0 Å². The van der Waals surface area contributed by atoms with Crippen molar-refractivity contribution >= 4 is 5.78 Å². The standard InChI is InChI=1S/C15H20O2/c1-10-7-8-11(2)14(9-10)15(16)12(3)17-13-5-4-6-13/h7-9,12-13H,4-6H2,1-3H3. The fourth-order valence-electron chi connectivity index (χ4n) is 2.08. The Hall–Kier alpha value is -1.15. The van der Waals surface area contributed by atoms with Crippen LogP contribution >= 0.6 is 0 Å². The molecule has 1 saturated carbocycles. The molecule has 2 heteroatoms. The first-order valence-corrected chi connectivity index (χ1v) is 6.35. The number of carbonyl (C=O) groups is 1. The highest BCUT2D eigenvalue weighted by atomic mass is 16.5. The van der Waals surface area contributed by atoms with Crippen molar-refractivity contribution in [3.05, 3.63) is 34.9 Å². The van der Waals surface area contributed by atoms with E-state index in [4.69, 9.17) is 4.74 Å². The fraction of sp³-hybridized carbons (Fsp3) is 0.533. The van der Waals surface area contributed by atoms with E-state index in [0.29, 0.717) is 6.10 Å². The molecular weight excluding hydrogens is 212 g/mol. The maximum Gasteiger partial charge on any atom is 0.191 e. The van der Waals surface area contributed by atoms with Crippen LogP contribution in [0.5, 0.6) is 0 Å². The van der Waals surface area contributed by atoms with Gasteiger partial charge >= 0.3 is 0 Å². The largest absolute Gasteiger partial charge is 0.367 e. The van der Waals surface area contributed by atoms with Gasteiger partial charge in [0.25, 0.3) is 0 Å². The van der Waals surface area contributed by atoms with Crippen molar-refractivity contribution in [1.29, 1.82) is 0 Å². The van der Waals surface area contributed by atoms with E-state index in [0.717, 1.165) is 29.5 Å². The van der Waals surface area contributed by atoms with Crippen LogP contribution in [0.4, 0.5) is 0 Å². The van der Waals surface area contributed by atoms with Crippen LogP contribution in [0.3, 0.4) is 0 Å². The topological polar surface area (TPSA) is 26.3 Å². The van der Waals surface area contributed by atoms with Gasteiger partial charge in [0.2, 0.25) is 0 Å². The summed E-state index contributed by atoms with van der Waals surface area (Å²) in [5.41, 5.74) is 2.95. The molecule has 2 rings (SSSR count). The lowest BCUT2D eigenvalue weighted by atomic mass is 9.95. The number of benzene rings is 1. The predicted molar refractivity (Wildman–Crippen MR) is 68.4 cm³/mol. The summed E-state index contributed by atoms with van der Waals surface area (Å²) >= 11 is 0. The summed E-state index contributed by atoms with van der Waals surface area (Å²) in [6.45, 7) is 5.85. The molecule has 1 aromatic rings. The predicted octanol–water partition coefficient (Wildman–Crippen LogP) is 3.44. The van der Waals surface area contributed by atoms with Gasteiger partial charge in [0.15, 0.2) is 5.78 Å². The van der Waals surface area contributed by atoms with Gasteiger partial charge in [-0.25, -0.2) is 0 Å². The minimum absolute atomic E-state index is 0.109. The highest BCUT2D eigenvalue weighted by molar-refractivity contribution is 6.00. The Balaban J connectivity index is 2.09. The van der Waals surface area contributed by atoms with E-state index in [2.05, 4.69) is 0 Å². The molecule has 1 atom stereocenters. The van der Waals surface area contributed by atoms with Crippen LogP contribution in [-0.4, -0.2) is 18.0 Å². The molecule has 0 bridgehead atoms. The number of carbonyl (C=O) groups excluding carboxylic acids is 1. The summed E-state index contributed by atoms with van der Waals surface area (Å²) in [6, 6.07) is 5.99. The third kappa shape index (κ3) is 2.75. The van der Waals surface area contributed by atoms with E-state index >= 15 is 0 Å². The monoisotopic (exact) mass is 232 g/mol. The zero-order chi connectivity index (χ0) is 12.4. The Morgan fingerprint density at radius 3 is 2.65 bits per heavy atom. The number of Topliss-reactive ketones (excluding diaryl/α,β-unsaturated/α-hetero) is 1. The fourth-order valence-corrected chi connectivity index (χ4v) is 2.08. The molecule has 0 N–H and O–H groups in total. The Morgan fingerprint density at radius 1 is 1.35 bits per heavy atom. The SMILES string of the molecule is Cc1ccc(C)c(C(=O)C(C)OC2CCC2)c1. The quantitative estimate of drug-likeness (QED) is 0.743. The lowest BCUT2D eigenvalue weighted by Crippen LogP contribution is -2.31. The maximum atomic E-state index is 12.3. The van der Waals surface area contributed by atoms with E-state index in [1.807, 2.05) is 39.0 Å². The Bertz CT molecular complexity index is 419. The van der Waals surface area contributed by atoms with Gasteiger partial charge in [-0.3, -0.25) is 4.79 Å². The molecule has 17 heavy (non-hydrogen) atoms. The number of aryl methyl sites for hydroxylation is 2. The molecule has 1 fully saturated rings. The van der Waals surface area contributed by atoms with Gasteiger partial charge in [0.1, 0.15) is 6.10 Å². The maximum absolute atomic E-state index is 12.3. The molecule has 0 amide bonds. The van der Waals surface area contributed by atoms with Gasteiger partial charge in [-0.15, -0.1) is 0 Å².